The molecule has 0 saturated heterocycles. The van der Waals surface area contributed by atoms with Gasteiger partial charge in [-0.25, -0.2) is 0 Å². The van der Waals surface area contributed by atoms with Crippen LogP contribution in [0.15, 0.2) is 48.5 Å². The Labute approximate surface area is 156 Å². The number of methoxy groups -OCH3 is 1. The zero-order valence-corrected chi connectivity index (χ0v) is 15.8. The lowest BCUT2D eigenvalue weighted by Crippen LogP contribution is -2.14. The van der Waals surface area contributed by atoms with Crippen LogP contribution in [0.2, 0.25) is 0 Å². The number of nitrogens with one attached hydrogen (secondary N) is 1. The van der Waals surface area contributed by atoms with E-state index in [1.165, 1.54) is 44.1 Å². The Morgan fingerprint density at radius 1 is 1.04 bits per heavy atom. The van der Waals surface area contributed by atoms with E-state index in [0.717, 1.165) is 5.92 Å². The molecule has 2 aromatic carbocycles. The SMILES string of the molecule is CCCC1CCC(c2ccc(C(=O)Nc3ccccc3OC)cc2)CC1. The molecular formula is C23H29NO2. The highest BCUT2D eigenvalue weighted by Gasteiger charge is 2.22. The van der Waals surface area contributed by atoms with Gasteiger partial charge in [-0.2, -0.15) is 0 Å². The summed E-state index contributed by atoms with van der Waals surface area (Å²) in [5, 5.41) is 2.93. The number of rotatable bonds is 6. The summed E-state index contributed by atoms with van der Waals surface area (Å²) in [6, 6.07) is 15.6. The maximum absolute atomic E-state index is 12.5. The summed E-state index contributed by atoms with van der Waals surface area (Å²) in [4.78, 5) is 12.5. The lowest BCUT2D eigenvalue weighted by atomic mass is 9.77. The van der Waals surface area contributed by atoms with Gasteiger partial charge in [0.25, 0.3) is 5.91 Å². The van der Waals surface area contributed by atoms with Crippen molar-refractivity contribution in [2.75, 3.05) is 12.4 Å². The minimum atomic E-state index is -0.104. The van der Waals surface area contributed by atoms with Crippen molar-refractivity contribution in [2.45, 2.75) is 51.4 Å². The van der Waals surface area contributed by atoms with Crippen molar-refractivity contribution in [3.8, 4) is 5.75 Å². The average molecular weight is 351 g/mol. The quantitative estimate of drug-likeness (QED) is 0.691. The summed E-state index contributed by atoms with van der Waals surface area (Å²) in [5.74, 6) is 2.13. The summed E-state index contributed by atoms with van der Waals surface area (Å²) in [7, 11) is 1.61. The molecule has 0 radical (unpaired) electrons. The first-order chi connectivity index (χ1) is 12.7. The Hall–Kier alpha value is -2.29. The molecule has 0 atom stereocenters. The largest absolute Gasteiger partial charge is 0.495 e. The van der Waals surface area contributed by atoms with Gasteiger partial charge in [0.2, 0.25) is 0 Å². The maximum Gasteiger partial charge on any atom is 0.255 e. The molecule has 1 aliphatic rings. The van der Waals surface area contributed by atoms with Crippen molar-refractivity contribution < 1.29 is 9.53 Å². The fraction of sp³-hybridized carbons (Fsp3) is 0.435. The molecule has 0 unspecified atom stereocenters. The van der Waals surface area contributed by atoms with Crippen LogP contribution in [0.1, 0.15) is 67.3 Å². The van der Waals surface area contributed by atoms with Crippen molar-refractivity contribution in [2.24, 2.45) is 5.92 Å². The summed E-state index contributed by atoms with van der Waals surface area (Å²) >= 11 is 0. The summed E-state index contributed by atoms with van der Waals surface area (Å²) in [5.41, 5.74) is 2.74. The number of benzene rings is 2. The molecule has 3 rings (SSSR count). The molecule has 0 aromatic heterocycles. The standard InChI is InChI=1S/C23H29NO2/c1-3-6-17-9-11-18(12-10-17)19-13-15-20(16-14-19)23(25)24-21-7-4-5-8-22(21)26-2/h4-5,7-8,13-18H,3,6,9-12H2,1-2H3,(H,24,25). The van der Waals surface area contributed by atoms with Crippen molar-refractivity contribution in [3.05, 3.63) is 59.7 Å². The van der Waals surface area contributed by atoms with E-state index in [2.05, 4.69) is 24.4 Å². The third-order valence-electron chi connectivity index (χ3n) is 5.54. The van der Waals surface area contributed by atoms with Crippen LogP contribution in [0.3, 0.4) is 0 Å². The monoisotopic (exact) mass is 351 g/mol. The van der Waals surface area contributed by atoms with Gasteiger partial charge >= 0.3 is 0 Å². The van der Waals surface area contributed by atoms with E-state index in [-0.39, 0.29) is 5.91 Å². The minimum absolute atomic E-state index is 0.104. The fourth-order valence-corrected chi connectivity index (χ4v) is 4.04. The molecule has 0 aliphatic heterocycles. The van der Waals surface area contributed by atoms with E-state index in [1.807, 2.05) is 36.4 Å². The van der Waals surface area contributed by atoms with Gasteiger partial charge in [-0.3, -0.25) is 4.79 Å². The van der Waals surface area contributed by atoms with Gasteiger partial charge in [-0.15, -0.1) is 0 Å². The highest BCUT2D eigenvalue weighted by molar-refractivity contribution is 6.05. The number of anilines is 1. The second-order valence-corrected chi connectivity index (χ2v) is 7.28. The van der Waals surface area contributed by atoms with Crippen LogP contribution in [0.4, 0.5) is 5.69 Å². The average Bonchev–Trinajstić information content (AvgIpc) is 2.69. The van der Waals surface area contributed by atoms with Gasteiger partial charge in [0.05, 0.1) is 12.8 Å². The first kappa shape index (κ1) is 18.5. The number of carbonyl (C=O) groups excluding carboxylic acids is 1. The van der Waals surface area contributed by atoms with E-state index >= 15 is 0 Å². The maximum atomic E-state index is 12.5. The molecule has 26 heavy (non-hydrogen) atoms. The smallest absolute Gasteiger partial charge is 0.255 e. The number of hydrogen-bond donors (Lipinski definition) is 1. The first-order valence-corrected chi connectivity index (χ1v) is 9.75. The topological polar surface area (TPSA) is 38.3 Å². The summed E-state index contributed by atoms with van der Waals surface area (Å²) in [6.45, 7) is 2.28. The van der Waals surface area contributed by atoms with Crippen LogP contribution in [0, 0.1) is 5.92 Å². The fourth-order valence-electron chi connectivity index (χ4n) is 4.04. The Morgan fingerprint density at radius 3 is 2.38 bits per heavy atom. The number of carbonyl (C=O) groups is 1. The second kappa shape index (κ2) is 8.88. The van der Waals surface area contributed by atoms with Crippen molar-refractivity contribution in [3.63, 3.8) is 0 Å². The van der Waals surface area contributed by atoms with Crippen LogP contribution in [-0.2, 0) is 0 Å². The normalized spacial score (nSPS) is 19.8. The molecule has 0 bridgehead atoms. The number of amides is 1. The van der Waals surface area contributed by atoms with Gasteiger partial charge in [0, 0.05) is 5.56 Å². The van der Waals surface area contributed by atoms with Gasteiger partial charge < -0.3 is 10.1 Å². The van der Waals surface area contributed by atoms with Gasteiger partial charge in [-0.1, -0.05) is 44.0 Å². The Bertz CT molecular complexity index is 715. The van der Waals surface area contributed by atoms with Crippen molar-refractivity contribution in [1.82, 2.24) is 0 Å². The second-order valence-electron chi connectivity index (χ2n) is 7.28. The summed E-state index contributed by atoms with van der Waals surface area (Å²) in [6.07, 6.45) is 7.90. The van der Waals surface area contributed by atoms with Crippen LogP contribution in [0.5, 0.6) is 5.75 Å². The Kier molecular flexibility index (Phi) is 6.32. The molecule has 1 N–H and O–H groups in total. The lowest BCUT2D eigenvalue weighted by Gasteiger charge is -2.28. The van der Waals surface area contributed by atoms with Crippen LogP contribution < -0.4 is 10.1 Å². The van der Waals surface area contributed by atoms with Crippen molar-refractivity contribution in [1.29, 1.82) is 0 Å². The molecule has 1 amide bonds. The van der Waals surface area contributed by atoms with E-state index in [9.17, 15) is 4.79 Å². The third-order valence-corrected chi connectivity index (χ3v) is 5.54. The van der Waals surface area contributed by atoms with Gasteiger partial charge in [0.1, 0.15) is 5.75 Å². The van der Waals surface area contributed by atoms with Gasteiger partial charge in [-0.05, 0) is 67.3 Å². The van der Waals surface area contributed by atoms with E-state index in [4.69, 9.17) is 4.74 Å². The number of ether oxygens (including phenoxy) is 1. The minimum Gasteiger partial charge on any atom is -0.495 e. The summed E-state index contributed by atoms with van der Waals surface area (Å²) < 4.78 is 5.29. The van der Waals surface area contributed by atoms with Crippen LogP contribution in [-0.4, -0.2) is 13.0 Å². The predicted octanol–water partition coefficient (Wildman–Crippen LogP) is 6.02. The molecule has 0 spiro atoms. The molecule has 2 aromatic rings. The molecule has 138 valence electrons. The van der Waals surface area contributed by atoms with Crippen LogP contribution in [0.25, 0.3) is 0 Å². The molecule has 1 saturated carbocycles. The first-order valence-electron chi connectivity index (χ1n) is 9.75. The zero-order chi connectivity index (χ0) is 18.4. The zero-order valence-electron chi connectivity index (χ0n) is 15.8. The predicted molar refractivity (Wildman–Crippen MR) is 107 cm³/mol. The van der Waals surface area contributed by atoms with Gasteiger partial charge in [0.15, 0.2) is 0 Å². The van der Waals surface area contributed by atoms with E-state index in [1.54, 1.807) is 7.11 Å². The highest BCUT2D eigenvalue weighted by Crippen LogP contribution is 2.37. The highest BCUT2D eigenvalue weighted by atomic mass is 16.5. The number of para-hydroxylation sites is 2. The lowest BCUT2D eigenvalue weighted by molar-refractivity contribution is 0.102. The Morgan fingerprint density at radius 2 is 1.73 bits per heavy atom. The third kappa shape index (κ3) is 4.46. The van der Waals surface area contributed by atoms with Crippen molar-refractivity contribution >= 4 is 11.6 Å². The van der Waals surface area contributed by atoms with E-state index < -0.39 is 0 Å². The molecular weight excluding hydrogens is 322 g/mol. The molecule has 1 aliphatic carbocycles. The number of hydrogen-bond acceptors (Lipinski definition) is 2. The molecule has 0 heterocycles. The van der Waals surface area contributed by atoms with E-state index in [0.29, 0.717) is 22.9 Å². The molecule has 3 nitrogen and oxygen atoms in total. The van der Waals surface area contributed by atoms with Crippen LogP contribution >= 0.6 is 0 Å². The molecule has 1 fully saturated rings. The molecule has 3 heteroatoms. The Balaban J connectivity index is 1.61.